The smallest absolute Gasteiger partial charge is 0.123 e. The molecule has 0 bridgehead atoms. The highest BCUT2D eigenvalue weighted by molar-refractivity contribution is 5.64. The monoisotopic (exact) mass is 244 g/mol. The zero-order chi connectivity index (χ0) is 13.0. The third kappa shape index (κ3) is 2.60. The molecule has 1 aromatic carbocycles. The van der Waals surface area contributed by atoms with E-state index in [0.29, 0.717) is 6.54 Å². The summed E-state index contributed by atoms with van der Waals surface area (Å²) in [6, 6.07) is 9.59. The standard InChI is InChI=1S/C14H16N2O2/c1-17-12-5-11(6-13(7-12)18-2)14-4-3-10(8-15)9-16-14/h3-7,9H,8,15H2,1-2H3. The van der Waals surface area contributed by atoms with Crippen molar-refractivity contribution in [3.8, 4) is 22.8 Å². The van der Waals surface area contributed by atoms with Gasteiger partial charge in [0.25, 0.3) is 0 Å². The number of hydrogen-bond donors (Lipinski definition) is 1. The van der Waals surface area contributed by atoms with E-state index in [2.05, 4.69) is 4.98 Å². The summed E-state index contributed by atoms with van der Waals surface area (Å²) < 4.78 is 10.5. The van der Waals surface area contributed by atoms with Gasteiger partial charge >= 0.3 is 0 Å². The molecule has 0 atom stereocenters. The van der Waals surface area contributed by atoms with Crippen LogP contribution in [0.5, 0.6) is 11.5 Å². The van der Waals surface area contributed by atoms with Gasteiger partial charge in [0, 0.05) is 24.4 Å². The van der Waals surface area contributed by atoms with Crippen molar-refractivity contribution in [2.45, 2.75) is 6.54 Å². The molecule has 1 aromatic heterocycles. The van der Waals surface area contributed by atoms with Crippen molar-refractivity contribution in [1.82, 2.24) is 4.98 Å². The van der Waals surface area contributed by atoms with E-state index in [1.54, 1.807) is 20.4 Å². The normalized spacial score (nSPS) is 10.2. The fourth-order valence-corrected chi connectivity index (χ4v) is 1.67. The zero-order valence-electron chi connectivity index (χ0n) is 10.5. The third-order valence-electron chi connectivity index (χ3n) is 2.71. The minimum Gasteiger partial charge on any atom is -0.497 e. The molecule has 0 unspecified atom stereocenters. The van der Waals surface area contributed by atoms with Crippen LogP contribution in [0.1, 0.15) is 5.56 Å². The Morgan fingerprint density at radius 1 is 1.06 bits per heavy atom. The molecule has 0 saturated heterocycles. The molecular formula is C14H16N2O2. The van der Waals surface area contributed by atoms with Crippen LogP contribution in [0.15, 0.2) is 36.5 Å². The summed E-state index contributed by atoms with van der Waals surface area (Å²) in [7, 11) is 3.26. The highest BCUT2D eigenvalue weighted by Crippen LogP contribution is 2.28. The number of methoxy groups -OCH3 is 2. The molecule has 4 nitrogen and oxygen atoms in total. The van der Waals surface area contributed by atoms with Crippen LogP contribution in [0, 0.1) is 0 Å². The molecular weight excluding hydrogens is 228 g/mol. The lowest BCUT2D eigenvalue weighted by Crippen LogP contribution is -1.97. The molecule has 1 heterocycles. The molecule has 0 spiro atoms. The molecule has 2 aromatic rings. The highest BCUT2D eigenvalue weighted by atomic mass is 16.5. The van der Waals surface area contributed by atoms with Crippen LogP contribution in [0.4, 0.5) is 0 Å². The molecule has 18 heavy (non-hydrogen) atoms. The number of aromatic nitrogens is 1. The van der Waals surface area contributed by atoms with Crippen LogP contribution < -0.4 is 15.2 Å². The van der Waals surface area contributed by atoms with E-state index in [-0.39, 0.29) is 0 Å². The van der Waals surface area contributed by atoms with Crippen LogP contribution >= 0.6 is 0 Å². The van der Waals surface area contributed by atoms with Crippen LogP contribution in [0.3, 0.4) is 0 Å². The van der Waals surface area contributed by atoms with Gasteiger partial charge in [0.2, 0.25) is 0 Å². The second kappa shape index (κ2) is 5.51. The molecule has 2 rings (SSSR count). The van der Waals surface area contributed by atoms with Gasteiger partial charge in [0.05, 0.1) is 19.9 Å². The lowest BCUT2D eigenvalue weighted by molar-refractivity contribution is 0.394. The van der Waals surface area contributed by atoms with Crippen molar-refractivity contribution in [2.75, 3.05) is 14.2 Å². The molecule has 4 heteroatoms. The second-order valence-electron chi connectivity index (χ2n) is 3.86. The molecule has 0 amide bonds. The predicted molar refractivity (Wildman–Crippen MR) is 70.7 cm³/mol. The Morgan fingerprint density at radius 3 is 2.17 bits per heavy atom. The summed E-state index contributed by atoms with van der Waals surface area (Å²) in [5.41, 5.74) is 8.38. The van der Waals surface area contributed by atoms with Gasteiger partial charge in [-0.3, -0.25) is 4.98 Å². The topological polar surface area (TPSA) is 57.4 Å². The van der Waals surface area contributed by atoms with Gasteiger partial charge in [0.15, 0.2) is 0 Å². The number of hydrogen-bond acceptors (Lipinski definition) is 4. The summed E-state index contributed by atoms with van der Waals surface area (Å²) in [6.07, 6.45) is 1.78. The fraction of sp³-hybridized carbons (Fsp3) is 0.214. The molecule has 0 aliphatic rings. The van der Waals surface area contributed by atoms with E-state index in [4.69, 9.17) is 15.2 Å². The van der Waals surface area contributed by atoms with Gasteiger partial charge < -0.3 is 15.2 Å². The molecule has 0 radical (unpaired) electrons. The molecule has 2 N–H and O–H groups in total. The number of ether oxygens (including phenoxy) is 2. The molecule has 0 aliphatic heterocycles. The van der Waals surface area contributed by atoms with E-state index >= 15 is 0 Å². The Morgan fingerprint density at radius 2 is 1.72 bits per heavy atom. The fourth-order valence-electron chi connectivity index (χ4n) is 1.67. The van der Waals surface area contributed by atoms with Gasteiger partial charge in [-0.25, -0.2) is 0 Å². The van der Waals surface area contributed by atoms with Crippen LogP contribution in [0.25, 0.3) is 11.3 Å². The minimum absolute atomic E-state index is 0.495. The number of pyridine rings is 1. The number of benzene rings is 1. The molecule has 0 saturated carbocycles. The van der Waals surface area contributed by atoms with Crippen LogP contribution in [-0.4, -0.2) is 19.2 Å². The van der Waals surface area contributed by atoms with E-state index in [9.17, 15) is 0 Å². The van der Waals surface area contributed by atoms with Crippen molar-refractivity contribution in [1.29, 1.82) is 0 Å². The van der Waals surface area contributed by atoms with E-state index in [0.717, 1.165) is 28.3 Å². The first-order valence-electron chi connectivity index (χ1n) is 5.65. The van der Waals surface area contributed by atoms with Crippen LogP contribution in [-0.2, 0) is 6.54 Å². The Balaban J connectivity index is 2.41. The molecule has 94 valence electrons. The van der Waals surface area contributed by atoms with E-state index in [1.165, 1.54) is 0 Å². The third-order valence-corrected chi connectivity index (χ3v) is 2.71. The molecule has 0 fully saturated rings. The van der Waals surface area contributed by atoms with Crippen LogP contribution in [0.2, 0.25) is 0 Å². The summed E-state index contributed by atoms with van der Waals surface area (Å²) >= 11 is 0. The molecule has 0 aliphatic carbocycles. The van der Waals surface area contributed by atoms with E-state index < -0.39 is 0 Å². The maximum Gasteiger partial charge on any atom is 0.123 e. The highest BCUT2D eigenvalue weighted by Gasteiger charge is 2.05. The lowest BCUT2D eigenvalue weighted by Gasteiger charge is -2.08. The Kier molecular flexibility index (Phi) is 3.79. The number of rotatable bonds is 4. The average Bonchev–Trinajstić information content (AvgIpc) is 2.46. The Hall–Kier alpha value is -2.07. The maximum atomic E-state index is 5.55. The Bertz CT molecular complexity index is 502. The van der Waals surface area contributed by atoms with Gasteiger partial charge in [0.1, 0.15) is 11.5 Å². The van der Waals surface area contributed by atoms with Crippen molar-refractivity contribution in [3.63, 3.8) is 0 Å². The van der Waals surface area contributed by atoms with Gasteiger partial charge in [-0.05, 0) is 23.8 Å². The SMILES string of the molecule is COc1cc(OC)cc(-c2ccc(CN)cn2)c1. The first-order valence-corrected chi connectivity index (χ1v) is 5.65. The average molecular weight is 244 g/mol. The van der Waals surface area contributed by atoms with Crippen molar-refractivity contribution < 1.29 is 9.47 Å². The van der Waals surface area contributed by atoms with E-state index in [1.807, 2.05) is 30.3 Å². The maximum absolute atomic E-state index is 5.55. The largest absolute Gasteiger partial charge is 0.497 e. The predicted octanol–water partition coefficient (Wildman–Crippen LogP) is 2.22. The number of nitrogens with zero attached hydrogens (tertiary/aromatic N) is 1. The zero-order valence-corrected chi connectivity index (χ0v) is 10.5. The second-order valence-corrected chi connectivity index (χ2v) is 3.86. The lowest BCUT2D eigenvalue weighted by atomic mass is 10.1. The minimum atomic E-state index is 0.495. The van der Waals surface area contributed by atoms with Gasteiger partial charge in [-0.2, -0.15) is 0 Å². The summed E-state index contributed by atoms with van der Waals surface area (Å²) in [6.45, 7) is 0.495. The quantitative estimate of drug-likeness (QED) is 0.896. The van der Waals surface area contributed by atoms with Gasteiger partial charge in [-0.15, -0.1) is 0 Å². The Labute approximate surface area is 106 Å². The summed E-state index contributed by atoms with van der Waals surface area (Å²) in [4.78, 5) is 4.38. The van der Waals surface area contributed by atoms with Crippen molar-refractivity contribution >= 4 is 0 Å². The summed E-state index contributed by atoms with van der Waals surface area (Å²) in [5.74, 6) is 1.49. The summed E-state index contributed by atoms with van der Waals surface area (Å²) in [5, 5.41) is 0. The first kappa shape index (κ1) is 12.4. The van der Waals surface area contributed by atoms with Crippen molar-refractivity contribution in [2.24, 2.45) is 5.73 Å². The van der Waals surface area contributed by atoms with Crippen molar-refractivity contribution in [3.05, 3.63) is 42.1 Å². The number of nitrogens with two attached hydrogens (primary N) is 1. The van der Waals surface area contributed by atoms with Gasteiger partial charge in [-0.1, -0.05) is 6.07 Å². The first-order chi connectivity index (χ1) is 8.76.